The first-order valence-electron chi connectivity index (χ1n) is 7.14. The minimum Gasteiger partial charge on any atom is -0.375 e. The van der Waals surface area contributed by atoms with Gasteiger partial charge in [0, 0.05) is 14.2 Å². The van der Waals surface area contributed by atoms with Crippen molar-refractivity contribution in [3.63, 3.8) is 0 Å². The summed E-state index contributed by atoms with van der Waals surface area (Å²) in [7, 11) is -1.54. The van der Waals surface area contributed by atoms with Crippen LogP contribution in [0.3, 0.4) is 0 Å². The van der Waals surface area contributed by atoms with E-state index in [0.29, 0.717) is 12.1 Å². The van der Waals surface area contributed by atoms with Crippen LogP contribution in [0.5, 0.6) is 0 Å². The molecular weight excluding hydrogens is 399 g/mol. The van der Waals surface area contributed by atoms with Crippen molar-refractivity contribution in [1.82, 2.24) is 14.4 Å². The summed E-state index contributed by atoms with van der Waals surface area (Å²) in [5.74, 6) is 0.235. The lowest BCUT2D eigenvalue weighted by Gasteiger charge is -2.22. The Kier molecular flexibility index (Phi) is 5.95. The van der Waals surface area contributed by atoms with E-state index in [1.165, 1.54) is 21.1 Å². The number of sulfonamides is 1. The molecule has 1 atom stereocenters. The minimum atomic E-state index is -4.63. The minimum absolute atomic E-state index is 0.0565. The number of rotatable bonds is 6. The highest BCUT2D eigenvalue weighted by Crippen LogP contribution is 2.35. The molecule has 0 amide bonds. The number of ether oxygens (including phenoxy) is 1. The third kappa shape index (κ3) is 4.17. The number of hydrogen-bond acceptors (Lipinski definition) is 6. The summed E-state index contributed by atoms with van der Waals surface area (Å²) in [5.41, 5.74) is -1.04. The zero-order chi connectivity index (χ0) is 19.7. The number of benzene rings is 1. The highest BCUT2D eigenvalue weighted by Gasteiger charge is 2.34. The standard InChI is InChI=1S/C14H15ClF3N3O4S/c1-8(13-19-12(7-24-3)25-20-13)21(2)26(22,23)11-5-4-9(6-10(11)15)14(16,17)18/h4-6,8H,7H2,1-3H3. The molecule has 0 aliphatic rings. The van der Waals surface area contributed by atoms with Gasteiger partial charge in [0.1, 0.15) is 11.5 Å². The molecule has 0 radical (unpaired) electrons. The van der Waals surface area contributed by atoms with Gasteiger partial charge >= 0.3 is 6.18 Å². The SMILES string of the molecule is COCc1nc(C(C)N(C)S(=O)(=O)c2ccc(C(F)(F)F)cc2Cl)no1. The average Bonchev–Trinajstić information content (AvgIpc) is 3.01. The van der Waals surface area contributed by atoms with Gasteiger partial charge in [-0.3, -0.25) is 0 Å². The Hall–Kier alpha value is -1.69. The molecule has 12 heteroatoms. The van der Waals surface area contributed by atoms with Crippen LogP contribution in [-0.4, -0.2) is 37.0 Å². The monoisotopic (exact) mass is 413 g/mol. The number of aromatic nitrogens is 2. The first-order chi connectivity index (χ1) is 12.0. The van der Waals surface area contributed by atoms with Crippen LogP contribution in [0, 0.1) is 0 Å². The molecule has 0 bridgehead atoms. The first-order valence-corrected chi connectivity index (χ1v) is 8.96. The van der Waals surface area contributed by atoms with Gasteiger partial charge < -0.3 is 9.26 Å². The van der Waals surface area contributed by atoms with Gasteiger partial charge in [0.05, 0.1) is 16.6 Å². The van der Waals surface area contributed by atoms with Crippen molar-refractivity contribution in [2.24, 2.45) is 0 Å². The van der Waals surface area contributed by atoms with Gasteiger partial charge in [0.25, 0.3) is 5.89 Å². The summed E-state index contributed by atoms with van der Waals surface area (Å²) in [6, 6.07) is 1.18. The van der Waals surface area contributed by atoms with Crippen molar-refractivity contribution in [2.45, 2.75) is 30.6 Å². The Balaban J connectivity index is 2.33. The highest BCUT2D eigenvalue weighted by molar-refractivity contribution is 7.89. The van der Waals surface area contributed by atoms with Crippen molar-refractivity contribution in [1.29, 1.82) is 0 Å². The van der Waals surface area contributed by atoms with Crippen LogP contribution in [0.15, 0.2) is 27.6 Å². The molecule has 0 aliphatic carbocycles. The molecule has 1 unspecified atom stereocenters. The van der Waals surface area contributed by atoms with Gasteiger partial charge in [-0.2, -0.15) is 22.5 Å². The Morgan fingerprint density at radius 3 is 2.58 bits per heavy atom. The summed E-state index contributed by atoms with van der Waals surface area (Å²) in [5, 5.41) is 3.14. The Bertz CT molecular complexity index is 886. The molecular formula is C14H15ClF3N3O4S. The molecule has 0 saturated carbocycles. The van der Waals surface area contributed by atoms with Crippen LogP contribution in [0.2, 0.25) is 5.02 Å². The molecule has 1 heterocycles. The summed E-state index contributed by atoms with van der Waals surface area (Å²) in [6.45, 7) is 1.55. The fraction of sp³-hybridized carbons (Fsp3) is 0.429. The van der Waals surface area contributed by atoms with Crippen LogP contribution in [0.1, 0.15) is 30.2 Å². The van der Waals surface area contributed by atoms with E-state index in [0.717, 1.165) is 10.4 Å². The van der Waals surface area contributed by atoms with Gasteiger partial charge in [-0.25, -0.2) is 8.42 Å². The quantitative estimate of drug-likeness (QED) is 0.722. The van der Waals surface area contributed by atoms with E-state index in [1.807, 2.05) is 0 Å². The highest BCUT2D eigenvalue weighted by atomic mass is 35.5. The second-order valence-corrected chi connectivity index (χ2v) is 7.69. The smallest absolute Gasteiger partial charge is 0.375 e. The maximum absolute atomic E-state index is 12.7. The summed E-state index contributed by atoms with van der Waals surface area (Å²) in [4.78, 5) is 3.55. The zero-order valence-electron chi connectivity index (χ0n) is 13.9. The van der Waals surface area contributed by atoms with Crippen LogP contribution >= 0.6 is 11.6 Å². The fourth-order valence-corrected chi connectivity index (χ4v) is 3.87. The molecule has 1 aromatic carbocycles. The molecule has 7 nitrogen and oxygen atoms in total. The lowest BCUT2D eigenvalue weighted by atomic mass is 10.2. The van der Waals surface area contributed by atoms with Gasteiger partial charge in [-0.05, 0) is 25.1 Å². The molecule has 0 aliphatic heterocycles. The Labute approximate surface area is 152 Å². The number of hydrogen-bond donors (Lipinski definition) is 0. The van der Waals surface area contributed by atoms with Crippen molar-refractivity contribution >= 4 is 21.6 Å². The van der Waals surface area contributed by atoms with Crippen LogP contribution in [-0.2, 0) is 27.5 Å². The van der Waals surface area contributed by atoms with Crippen LogP contribution in [0.4, 0.5) is 13.2 Å². The number of alkyl halides is 3. The number of nitrogens with zero attached hydrogens (tertiary/aromatic N) is 3. The van der Waals surface area contributed by atoms with E-state index in [-0.39, 0.29) is 18.3 Å². The van der Waals surface area contributed by atoms with Crippen molar-refractivity contribution < 1.29 is 30.8 Å². The van der Waals surface area contributed by atoms with Crippen LogP contribution < -0.4 is 0 Å². The van der Waals surface area contributed by atoms with Gasteiger partial charge in [-0.1, -0.05) is 16.8 Å². The first kappa shape index (κ1) is 20.6. The molecule has 0 fully saturated rings. The summed E-state index contributed by atoms with van der Waals surface area (Å²) < 4.78 is 74.2. The molecule has 0 spiro atoms. The Morgan fingerprint density at radius 2 is 2.04 bits per heavy atom. The maximum atomic E-state index is 12.7. The molecule has 2 rings (SSSR count). The topological polar surface area (TPSA) is 85.5 Å². The molecule has 26 heavy (non-hydrogen) atoms. The Morgan fingerprint density at radius 1 is 1.38 bits per heavy atom. The molecule has 1 aromatic heterocycles. The third-order valence-corrected chi connectivity index (χ3v) is 6.00. The third-order valence-electron chi connectivity index (χ3n) is 3.59. The van der Waals surface area contributed by atoms with Gasteiger partial charge in [-0.15, -0.1) is 0 Å². The summed E-state index contributed by atoms with van der Waals surface area (Å²) >= 11 is 5.79. The molecule has 0 N–H and O–H groups in total. The number of methoxy groups -OCH3 is 1. The number of halogens is 4. The largest absolute Gasteiger partial charge is 0.416 e. The van der Waals surface area contributed by atoms with E-state index in [2.05, 4.69) is 10.1 Å². The molecule has 2 aromatic rings. The average molecular weight is 414 g/mol. The van der Waals surface area contributed by atoms with Crippen molar-refractivity contribution in [3.05, 3.63) is 40.5 Å². The second kappa shape index (κ2) is 7.51. The molecule has 144 valence electrons. The lowest BCUT2D eigenvalue weighted by molar-refractivity contribution is -0.137. The predicted octanol–water partition coefficient (Wildman–Crippen LogP) is 3.27. The van der Waals surface area contributed by atoms with Crippen molar-refractivity contribution in [2.75, 3.05) is 14.2 Å². The van der Waals surface area contributed by atoms with E-state index in [1.54, 1.807) is 0 Å². The van der Waals surface area contributed by atoms with Gasteiger partial charge in [0.2, 0.25) is 10.0 Å². The van der Waals surface area contributed by atoms with E-state index in [4.69, 9.17) is 20.9 Å². The van der Waals surface area contributed by atoms with E-state index in [9.17, 15) is 21.6 Å². The lowest BCUT2D eigenvalue weighted by Crippen LogP contribution is -2.30. The van der Waals surface area contributed by atoms with Crippen LogP contribution in [0.25, 0.3) is 0 Å². The second-order valence-electron chi connectivity index (χ2n) is 5.32. The maximum Gasteiger partial charge on any atom is 0.416 e. The van der Waals surface area contributed by atoms with E-state index < -0.39 is 37.7 Å². The fourth-order valence-electron chi connectivity index (χ4n) is 2.03. The van der Waals surface area contributed by atoms with E-state index >= 15 is 0 Å². The molecule has 0 saturated heterocycles. The van der Waals surface area contributed by atoms with Crippen molar-refractivity contribution in [3.8, 4) is 0 Å². The summed E-state index contributed by atoms with van der Waals surface area (Å²) in [6.07, 6.45) is -4.63. The predicted molar refractivity (Wildman–Crippen MR) is 84.8 cm³/mol. The van der Waals surface area contributed by atoms with Gasteiger partial charge in [0.15, 0.2) is 5.82 Å². The zero-order valence-corrected chi connectivity index (χ0v) is 15.5. The normalized spacial score (nSPS) is 14.0.